The van der Waals surface area contributed by atoms with Crippen molar-refractivity contribution >= 4 is 5.78 Å². The number of rotatable bonds is 3. The van der Waals surface area contributed by atoms with Crippen LogP contribution in [0.4, 0.5) is 0 Å². The van der Waals surface area contributed by atoms with Crippen LogP contribution in [0.25, 0.3) is 0 Å². The molecule has 1 saturated carbocycles. The van der Waals surface area contributed by atoms with E-state index in [0.29, 0.717) is 23.5 Å². The maximum Gasteiger partial charge on any atom is 0.133 e. The van der Waals surface area contributed by atoms with Crippen molar-refractivity contribution in [3.05, 3.63) is 35.4 Å². The second-order valence-electron chi connectivity index (χ2n) is 4.88. The van der Waals surface area contributed by atoms with Crippen LogP contribution < -0.4 is 0 Å². The zero-order chi connectivity index (χ0) is 11.0. The Morgan fingerprint density at radius 3 is 2.27 bits per heavy atom. The highest BCUT2D eigenvalue weighted by molar-refractivity contribution is 5.82. The Labute approximate surface area is 91.5 Å². The average molecular weight is 202 g/mol. The summed E-state index contributed by atoms with van der Waals surface area (Å²) < 4.78 is 0. The van der Waals surface area contributed by atoms with E-state index in [2.05, 4.69) is 38.1 Å². The number of ketones is 1. The number of hydrogen-bond donors (Lipinski definition) is 0. The van der Waals surface area contributed by atoms with Crippen LogP contribution in [0.5, 0.6) is 0 Å². The predicted molar refractivity (Wildman–Crippen MR) is 62.1 cm³/mol. The van der Waals surface area contributed by atoms with Gasteiger partial charge in [-0.15, -0.1) is 0 Å². The minimum absolute atomic E-state index is 0.301. The Morgan fingerprint density at radius 1 is 1.27 bits per heavy atom. The van der Waals surface area contributed by atoms with Gasteiger partial charge in [0.25, 0.3) is 0 Å². The summed E-state index contributed by atoms with van der Waals surface area (Å²) in [6.45, 7) is 6.10. The highest BCUT2D eigenvalue weighted by Crippen LogP contribution is 2.47. The van der Waals surface area contributed by atoms with Crippen molar-refractivity contribution in [3.63, 3.8) is 0 Å². The molecule has 0 bridgehead atoms. The van der Waals surface area contributed by atoms with Gasteiger partial charge in [-0.2, -0.15) is 0 Å². The second kappa shape index (κ2) is 3.80. The molecule has 1 nitrogen and oxygen atoms in total. The van der Waals surface area contributed by atoms with Crippen molar-refractivity contribution in [1.82, 2.24) is 0 Å². The van der Waals surface area contributed by atoms with Crippen LogP contribution >= 0.6 is 0 Å². The molecule has 0 amide bonds. The van der Waals surface area contributed by atoms with Gasteiger partial charge in [-0.25, -0.2) is 0 Å². The molecule has 2 atom stereocenters. The summed E-state index contributed by atoms with van der Waals surface area (Å²) in [5, 5.41) is 0. The standard InChI is InChI=1S/C14H18O/c1-9(2)11-4-6-12(7-5-11)14-8-13(14)10(3)15/h4-7,9,13-14H,8H2,1-3H3/t13-,14-/m1/s1. The Morgan fingerprint density at radius 2 is 1.87 bits per heavy atom. The third-order valence-corrected chi connectivity index (χ3v) is 3.34. The topological polar surface area (TPSA) is 17.1 Å². The van der Waals surface area contributed by atoms with Crippen molar-refractivity contribution in [2.75, 3.05) is 0 Å². The molecule has 80 valence electrons. The van der Waals surface area contributed by atoms with E-state index in [9.17, 15) is 4.79 Å². The smallest absolute Gasteiger partial charge is 0.133 e. The number of Topliss-reactive ketones (excluding diaryl/α,β-unsaturated/α-hetero) is 1. The monoisotopic (exact) mass is 202 g/mol. The summed E-state index contributed by atoms with van der Waals surface area (Å²) in [7, 11) is 0. The van der Waals surface area contributed by atoms with Gasteiger partial charge in [0.2, 0.25) is 0 Å². The van der Waals surface area contributed by atoms with Crippen molar-refractivity contribution in [1.29, 1.82) is 0 Å². The minimum Gasteiger partial charge on any atom is -0.300 e. The molecule has 0 saturated heterocycles. The lowest BCUT2D eigenvalue weighted by Gasteiger charge is -2.06. The van der Waals surface area contributed by atoms with E-state index >= 15 is 0 Å². The van der Waals surface area contributed by atoms with Gasteiger partial charge in [0.05, 0.1) is 0 Å². The lowest BCUT2D eigenvalue weighted by molar-refractivity contribution is -0.118. The van der Waals surface area contributed by atoms with Gasteiger partial charge in [0, 0.05) is 5.92 Å². The first-order chi connectivity index (χ1) is 7.09. The van der Waals surface area contributed by atoms with Crippen molar-refractivity contribution in [2.45, 2.75) is 39.0 Å². The van der Waals surface area contributed by atoms with Crippen molar-refractivity contribution < 1.29 is 4.79 Å². The molecule has 0 unspecified atom stereocenters. The van der Waals surface area contributed by atoms with Crippen molar-refractivity contribution in [2.24, 2.45) is 5.92 Å². The fourth-order valence-electron chi connectivity index (χ4n) is 2.14. The normalized spacial score (nSPS) is 24.3. The first kappa shape index (κ1) is 10.4. The fourth-order valence-corrected chi connectivity index (χ4v) is 2.14. The molecule has 0 spiro atoms. The second-order valence-corrected chi connectivity index (χ2v) is 4.88. The van der Waals surface area contributed by atoms with Gasteiger partial charge < -0.3 is 0 Å². The maximum atomic E-state index is 11.2. The summed E-state index contributed by atoms with van der Waals surface area (Å²) in [5.41, 5.74) is 2.71. The van der Waals surface area contributed by atoms with Crippen LogP contribution in [0, 0.1) is 5.92 Å². The van der Waals surface area contributed by atoms with Crippen LogP contribution in [0.2, 0.25) is 0 Å². The largest absolute Gasteiger partial charge is 0.300 e. The summed E-state index contributed by atoms with van der Waals surface area (Å²) in [6.07, 6.45) is 1.05. The summed E-state index contributed by atoms with van der Waals surface area (Å²) in [4.78, 5) is 11.2. The first-order valence-electron chi connectivity index (χ1n) is 5.70. The van der Waals surface area contributed by atoms with E-state index in [-0.39, 0.29) is 0 Å². The molecule has 2 rings (SSSR count). The van der Waals surface area contributed by atoms with Gasteiger partial charge in [-0.05, 0) is 36.3 Å². The quantitative estimate of drug-likeness (QED) is 0.733. The average Bonchev–Trinajstić information content (AvgIpc) is 2.97. The van der Waals surface area contributed by atoms with E-state index in [1.165, 1.54) is 11.1 Å². The molecule has 0 aliphatic heterocycles. The number of carbonyl (C=O) groups is 1. The van der Waals surface area contributed by atoms with Crippen molar-refractivity contribution in [3.8, 4) is 0 Å². The summed E-state index contributed by atoms with van der Waals surface area (Å²) in [6, 6.07) is 8.75. The lowest BCUT2D eigenvalue weighted by atomic mass is 9.99. The van der Waals surface area contributed by atoms with Gasteiger partial charge in [0.1, 0.15) is 5.78 Å². The molecule has 1 aliphatic rings. The Bertz CT molecular complexity index is 361. The molecular weight excluding hydrogens is 184 g/mol. The Hall–Kier alpha value is -1.11. The SMILES string of the molecule is CC(=O)[C@H]1C[C@@H]1c1ccc(C(C)C)cc1. The zero-order valence-corrected chi connectivity index (χ0v) is 9.66. The summed E-state index contributed by atoms with van der Waals surface area (Å²) in [5.74, 6) is 1.73. The highest BCUT2D eigenvalue weighted by atomic mass is 16.1. The molecule has 1 heteroatoms. The van der Waals surface area contributed by atoms with E-state index in [0.717, 1.165) is 6.42 Å². The number of carbonyl (C=O) groups excluding carboxylic acids is 1. The highest BCUT2D eigenvalue weighted by Gasteiger charge is 2.41. The zero-order valence-electron chi connectivity index (χ0n) is 9.66. The van der Waals surface area contributed by atoms with Gasteiger partial charge in [0.15, 0.2) is 0 Å². The van der Waals surface area contributed by atoms with Crippen LogP contribution in [0.3, 0.4) is 0 Å². The molecule has 1 aliphatic carbocycles. The third kappa shape index (κ3) is 2.11. The molecule has 0 heterocycles. The van der Waals surface area contributed by atoms with Crippen LogP contribution in [-0.2, 0) is 4.79 Å². The number of benzene rings is 1. The number of hydrogen-bond acceptors (Lipinski definition) is 1. The molecule has 15 heavy (non-hydrogen) atoms. The fraction of sp³-hybridized carbons (Fsp3) is 0.500. The molecule has 0 N–H and O–H groups in total. The maximum absolute atomic E-state index is 11.2. The molecule has 0 aromatic heterocycles. The predicted octanol–water partition coefficient (Wildman–Crippen LogP) is 3.50. The minimum atomic E-state index is 0.301. The van der Waals surface area contributed by atoms with Crippen LogP contribution in [-0.4, -0.2) is 5.78 Å². The van der Waals surface area contributed by atoms with Crippen LogP contribution in [0.15, 0.2) is 24.3 Å². The molecule has 1 aromatic carbocycles. The molecular formula is C14H18O. The van der Waals surface area contributed by atoms with Crippen LogP contribution in [0.1, 0.15) is 50.2 Å². The van der Waals surface area contributed by atoms with Gasteiger partial charge >= 0.3 is 0 Å². The molecule has 0 radical (unpaired) electrons. The van der Waals surface area contributed by atoms with E-state index in [4.69, 9.17) is 0 Å². The Kier molecular flexibility index (Phi) is 2.64. The first-order valence-corrected chi connectivity index (χ1v) is 5.70. The van der Waals surface area contributed by atoms with E-state index < -0.39 is 0 Å². The molecule has 1 aromatic rings. The van der Waals surface area contributed by atoms with E-state index in [1.54, 1.807) is 6.92 Å². The third-order valence-electron chi connectivity index (χ3n) is 3.34. The molecule has 1 fully saturated rings. The van der Waals surface area contributed by atoms with Gasteiger partial charge in [-0.3, -0.25) is 4.79 Å². The lowest BCUT2D eigenvalue weighted by Crippen LogP contribution is -1.95. The van der Waals surface area contributed by atoms with Gasteiger partial charge in [-0.1, -0.05) is 38.1 Å². The Balaban J connectivity index is 2.09. The van der Waals surface area contributed by atoms with E-state index in [1.807, 2.05) is 0 Å². The summed E-state index contributed by atoms with van der Waals surface area (Å²) >= 11 is 0.